The number of nitrogen functional groups attached to an aromatic ring is 1. The third kappa shape index (κ3) is 3.74. The zero-order chi connectivity index (χ0) is 19.6. The van der Waals surface area contributed by atoms with Crippen LogP contribution < -0.4 is 15.5 Å². The van der Waals surface area contributed by atoms with Crippen LogP contribution in [0.3, 0.4) is 0 Å². The summed E-state index contributed by atoms with van der Waals surface area (Å²) < 4.78 is 0. The lowest BCUT2D eigenvalue weighted by molar-refractivity contribution is 0.112. The van der Waals surface area contributed by atoms with E-state index in [-0.39, 0.29) is 5.95 Å². The molecule has 0 saturated carbocycles. The average Bonchev–Trinajstić information content (AvgIpc) is 2.67. The third-order valence-corrected chi connectivity index (χ3v) is 4.52. The zero-order valence-corrected chi connectivity index (χ0v) is 16.0. The van der Waals surface area contributed by atoms with Crippen LogP contribution in [0.15, 0.2) is 48.5 Å². The van der Waals surface area contributed by atoms with Crippen molar-refractivity contribution in [3.63, 3.8) is 0 Å². The molecule has 0 unspecified atom stereocenters. The number of anilines is 5. The quantitative estimate of drug-likeness (QED) is 0.692. The lowest BCUT2D eigenvalue weighted by Gasteiger charge is -2.25. The van der Waals surface area contributed by atoms with Gasteiger partial charge in [-0.1, -0.05) is 35.4 Å². The number of nitrogens with two attached hydrogens (primary N) is 1. The van der Waals surface area contributed by atoms with Gasteiger partial charge in [-0.2, -0.15) is 9.97 Å². The van der Waals surface area contributed by atoms with Crippen molar-refractivity contribution < 1.29 is 4.79 Å². The maximum absolute atomic E-state index is 12.0. The first-order valence-electron chi connectivity index (χ1n) is 8.64. The van der Waals surface area contributed by atoms with Crippen LogP contribution in [0.2, 0.25) is 0 Å². The Kier molecular flexibility index (Phi) is 5.07. The molecule has 0 fully saturated rings. The first-order chi connectivity index (χ1) is 12.9. The molecule has 138 valence electrons. The van der Waals surface area contributed by atoms with Gasteiger partial charge < -0.3 is 15.5 Å². The van der Waals surface area contributed by atoms with E-state index < -0.39 is 0 Å². The molecule has 2 aromatic carbocycles. The zero-order valence-electron chi connectivity index (χ0n) is 16.0. The van der Waals surface area contributed by atoms with Crippen molar-refractivity contribution in [2.75, 3.05) is 29.6 Å². The van der Waals surface area contributed by atoms with Gasteiger partial charge in [0, 0.05) is 25.5 Å². The fourth-order valence-corrected chi connectivity index (χ4v) is 2.86. The molecule has 27 heavy (non-hydrogen) atoms. The number of benzene rings is 2. The Morgan fingerprint density at radius 2 is 1.15 bits per heavy atom. The van der Waals surface area contributed by atoms with Crippen LogP contribution in [-0.4, -0.2) is 30.3 Å². The number of nitrogens with zero attached hydrogens (tertiary/aromatic N) is 4. The SMILES string of the molecule is Cc1ccc(N(C)c2nc(N)nc(N(C)c3ccc(C)cc3)c2C=O)cc1. The molecular weight excluding hydrogens is 338 g/mol. The average molecular weight is 361 g/mol. The van der Waals surface area contributed by atoms with Gasteiger partial charge in [0.05, 0.1) is 0 Å². The van der Waals surface area contributed by atoms with Gasteiger partial charge in [-0.3, -0.25) is 4.79 Å². The normalized spacial score (nSPS) is 10.5. The highest BCUT2D eigenvalue weighted by Crippen LogP contribution is 2.33. The Morgan fingerprint density at radius 1 is 0.778 bits per heavy atom. The molecule has 6 heteroatoms. The van der Waals surface area contributed by atoms with Gasteiger partial charge in [0.15, 0.2) is 17.9 Å². The lowest BCUT2D eigenvalue weighted by Crippen LogP contribution is -2.20. The molecular formula is C21H23N5O. The van der Waals surface area contributed by atoms with Crippen molar-refractivity contribution in [2.45, 2.75) is 13.8 Å². The number of hydrogen-bond acceptors (Lipinski definition) is 6. The molecule has 2 N–H and O–H groups in total. The molecule has 3 rings (SSSR count). The van der Waals surface area contributed by atoms with E-state index in [4.69, 9.17) is 5.73 Å². The van der Waals surface area contributed by atoms with Crippen LogP contribution in [0, 0.1) is 13.8 Å². The molecule has 0 saturated heterocycles. The van der Waals surface area contributed by atoms with Gasteiger partial charge in [-0.15, -0.1) is 0 Å². The van der Waals surface area contributed by atoms with Crippen molar-refractivity contribution in [1.29, 1.82) is 0 Å². The Bertz CT molecular complexity index is 879. The molecule has 0 bridgehead atoms. The van der Waals surface area contributed by atoms with Crippen LogP contribution in [0.25, 0.3) is 0 Å². The first-order valence-corrected chi connectivity index (χ1v) is 8.64. The summed E-state index contributed by atoms with van der Waals surface area (Å²) in [5.74, 6) is 1.05. The predicted molar refractivity (Wildman–Crippen MR) is 110 cm³/mol. The Balaban J connectivity index is 2.09. The third-order valence-electron chi connectivity index (χ3n) is 4.52. The summed E-state index contributed by atoms with van der Waals surface area (Å²) in [7, 11) is 3.71. The monoisotopic (exact) mass is 361 g/mol. The predicted octanol–water partition coefficient (Wildman–Crippen LogP) is 4.02. The number of rotatable bonds is 5. The van der Waals surface area contributed by atoms with Crippen LogP contribution in [0.4, 0.5) is 29.0 Å². The van der Waals surface area contributed by atoms with Gasteiger partial charge in [0.1, 0.15) is 5.56 Å². The minimum absolute atomic E-state index is 0.114. The number of aldehydes is 1. The smallest absolute Gasteiger partial charge is 0.224 e. The number of aryl methyl sites for hydroxylation is 2. The van der Waals surface area contributed by atoms with E-state index in [2.05, 4.69) is 9.97 Å². The van der Waals surface area contributed by atoms with Gasteiger partial charge >= 0.3 is 0 Å². The Hall–Kier alpha value is -3.41. The van der Waals surface area contributed by atoms with E-state index in [1.807, 2.05) is 86.3 Å². The molecule has 6 nitrogen and oxygen atoms in total. The van der Waals surface area contributed by atoms with Crippen molar-refractivity contribution >= 4 is 35.2 Å². The van der Waals surface area contributed by atoms with Crippen molar-refractivity contribution in [3.8, 4) is 0 Å². The maximum Gasteiger partial charge on any atom is 0.224 e. The number of carbonyl (C=O) groups excluding carboxylic acids is 1. The molecule has 1 aromatic heterocycles. The summed E-state index contributed by atoms with van der Waals surface area (Å²) in [6.45, 7) is 4.05. The molecule has 0 amide bonds. The standard InChI is InChI=1S/C21H23N5O/c1-14-5-9-16(10-6-14)25(3)19-18(13-27)20(24-21(22)23-19)26(4)17-11-7-15(2)8-12-17/h5-13H,1-4H3,(H2,22,23,24). The van der Waals surface area contributed by atoms with E-state index in [1.165, 1.54) is 0 Å². The minimum atomic E-state index is 0.114. The van der Waals surface area contributed by atoms with Crippen LogP contribution in [-0.2, 0) is 0 Å². The first kappa shape index (κ1) is 18.4. The summed E-state index contributed by atoms with van der Waals surface area (Å²) in [5.41, 5.74) is 10.5. The highest BCUT2D eigenvalue weighted by atomic mass is 16.1. The summed E-state index contributed by atoms with van der Waals surface area (Å²) in [5, 5.41) is 0. The summed E-state index contributed by atoms with van der Waals surface area (Å²) >= 11 is 0. The molecule has 0 atom stereocenters. The molecule has 0 spiro atoms. The molecule has 3 aromatic rings. The highest BCUT2D eigenvalue weighted by molar-refractivity contribution is 5.93. The van der Waals surface area contributed by atoms with Crippen LogP contribution in [0.5, 0.6) is 0 Å². The van der Waals surface area contributed by atoms with Gasteiger partial charge in [0.25, 0.3) is 0 Å². The van der Waals surface area contributed by atoms with Gasteiger partial charge in [-0.25, -0.2) is 0 Å². The van der Waals surface area contributed by atoms with Gasteiger partial charge in [-0.05, 0) is 38.1 Å². The topological polar surface area (TPSA) is 75.4 Å². The Labute approximate surface area is 159 Å². The second-order valence-electron chi connectivity index (χ2n) is 6.55. The van der Waals surface area contributed by atoms with E-state index in [0.29, 0.717) is 17.2 Å². The van der Waals surface area contributed by atoms with Crippen LogP contribution >= 0.6 is 0 Å². The summed E-state index contributed by atoms with van der Waals surface area (Å²) in [6, 6.07) is 16.0. The number of hydrogen-bond donors (Lipinski definition) is 1. The molecule has 0 aliphatic heterocycles. The second kappa shape index (κ2) is 7.45. The van der Waals surface area contributed by atoms with Crippen molar-refractivity contribution in [3.05, 3.63) is 65.2 Å². The molecule has 0 radical (unpaired) electrons. The maximum atomic E-state index is 12.0. The van der Waals surface area contributed by atoms with E-state index >= 15 is 0 Å². The highest BCUT2D eigenvalue weighted by Gasteiger charge is 2.20. The summed E-state index contributed by atoms with van der Waals surface area (Å²) in [6.07, 6.45) is 0.777. The molecule has 0 aliphatic carbocycles. The second-order valence-corrected chi connectivity index (χ2v) is 6.55. The fraction of sp³-hybridized carbons (Fsp3) is 0.190. The van der Waals surface area contributed by atoms with Gasteiger partial charge in [0.2, 0.25) is 5.95 Å². The number of carbonyl (C=O) groups is 1. The summed E-state index contributed by atoms with van der Waals surface area (Å²) in [4.78, 5) is 24.3. The fourth-order valence-electron chi connectivity index (χ4n) is 2.86. The van der Waals surface area contributed by atoms with Crippen LogP contribution in [0.1, 0.15) is 21.5 Å². The minimum Gasteiger partial charge on any atom is -0.368 e. The Morgan fingerprint density at radius 3 is 1.48 bits per heavy atom. The van der Waals surface area contributed by atoms with E-state index in [1.54, 1.807) is 0 Å². The van der Waals surface area contributed by atoms with E-state index in [0.717, 1.165) is 28.8 Å². The number of aromatic nitrogens is 2. The van der Waals surface area contributed by atoms with Crippen molar-refractivity contribution in [1.82, 2.24) is 9.97 Å². The largest absolute Gasteiger partial charge is 0.368 e. The molecule has 0 aliphatic rings. The molecule has 1 heterocycles. The lowest BCUT2D eigenvalue weighted by atomic mass is 10.2. The van der Waals surface area contributed by atoms with Crippen molar-refractivity contribution in [2.24, 2.45) is 0 Å². The van der Waals surface area contributed by atoms with E-state index in [9.17, 15) is 4.79 Å².